The molecule has 3 heterocycles. The van der Waals surface area contributed by atoms with E-state index in [-0.39, 0.29) is 23.4 Å². The van der Waals surface area contributed by atoms with Crippen LogP contribution in [-0.2, 0) is 9.59 Å². The molecule has 3 saturated heterocycles. The van der Waals surface area contributed by atoms with Gasteiger partial charge in [-0.3, -0.25) is 19.3 Å². The number of carbonyl (C=O) groups excluding carboxylic acids is 3. The molecular weight excluding hydrogens is 359 g/mol. The minimum Gasteiger partial charge on any atom is -0.292 e. The summed E-state index contributed by atoms with van der Waals surface area (Å²) in [5.41, 5.74) is 0.505. The third-order valence-corrected chi connectivity index (χ3v) is 6.27. The molecule has 0 aliphatic carbocycles. The lowest BCUT2D eigenvalue weighted by Crippen LogP contribution is -2.46. The van der Waals surface area contributed by atoms with Crippen molar-refractivity contribution in [3.63, 3.8) is 0 Å². The number of Topliss-reactive ketones (excluding diaryl/α,β-unsaturated/α-hetero) is 1. The number of para-hydroxylation sites is 1. The number of rotatable bonds is 3. The largest absolute Gasteiger partial charge is 0.292 e. The summed E-state index contributed by atoms with van der Waals surface area (Å²) in [6.07, 6.45) is 1.65. The first-order chi connectivity index (χ1) is 13.6. The Hall–Kier alpha value is -2.86. The van der Waals surface area contributed by atoms with Crippen LogP contribution in [0, 0.1) is 17.7 Å². The van der Waals surface area contributed by atoms with E-state index in [0.717, 1.165) is 17.7 Å². The molecule has 4 atom stereocenters. The average Bonchev–Trinajstić information content (AvgIpc) is 3.35. The first kappa shape index (κ1) is 17.3. The van der Waals surface area contributed by atoms with Gasteiger partial charge in [0.2, 0.25) is 11.8 Å². The lowest BCUT2D eigenvalue weighted by atomic mass is 9.85. The van der Waals surface area contributed by atoms with Crippen molar-refractivity contribution in [2.75, 3.05) is 11.4 Å². The summed E-state index contributed by atoms with van der Waals surface area (Å²) in [6, 6.07) is 13.8. The number of hydrogen-bond acceptors (Lipinski definition) is 4. The van der Waals surface area contributed by atoms with E-state index in [4.69, 9.17) is 0 Å². The number of imide groups is 1. The predicted octanol–water partition coefficient (Wildman–Crippen LogP) is 2.66. The van der Waals surface area contributed by atoms with Crippen molar-refractivity contribution in [1.82, 2.24) is 4.90 Å². The maximum absolute atomic E-state index is 14.3. The number of amides is 2. The zero-order chi connectivity index (χ0) is 19.4. The monoisotopic (exact) mass is 378 g/mol. The molecule has 5 nitrogen and oxygen atoms in total. The smallest absolute Gasteiger partial charge is 0.239 e. The Balaban J connectivity index is 1.58. The third kappa shape index (κ3) is 2.31. The first-order valence-corrected chi connectivity index (χ1v) is 9.57. The Bertz CT molecular complexity index is 977. The fourth-order valence-corrected chi connectivity index (χ4v) is 5.16. The Kier molecular flexibility index (Phi) is 3.91. The molecule has 142 valence electrons. The van der Waals surface area contributed by atoms with E-state index in [1.807, 2.05) is 11.0 Å². The molecule has 3 aliphatic rings. The zero-order valence-corrected chi connectivity index (χ0v) is 15.1. The molecular formula is C22H19FN2O3. The van der Waals surface area contributed by atoms with E-state index in [9.17, 15) is 18.8 Å². The van der Waals surface area contributed by atoms with Gasteiger partial charge in [0.05, 0.1) is 23.6 Å². The Morgan fingerprint density at radius 2 is 1.61 bits per heavy atom. The maximum Gasteiger partial charge on any atom is 0.239 e. The third-order valence-electron chi connectivity index (χ3n) is 6.27. The van der Waals surface area contributed by atoms with Crippen molar-refractivity contribution in [2.45, 2.75) is 24.9 Å². The van der Waals surface area contributed by atoms with E-state index < -0.39 is 29.6 Å². The minimum atomic E-state index is -0.759. The number of ketones is 1. The van der Waals surface area contributed by atoms with Crippen LogP contribution in [0.5, 0.6) is 0 Å². The normalized spacial score (nSPS) is 29.2. The van der Waals surface area contributed by atoms with Crippen molar-refractivity contribution in [3.8, 4) is 0 Å². The molecule has 0 N–H and O–H groups in total. The summed E-state index contributed by atoms with van der Waals surface area (Å²) in [5.74, 6) is -2.96. The highest BCUT2D eigenvalue weighted by Crippen LogP contribution is 2.48. The van der Waals surface area contributed by atoms with Crippen LogP contribution in [0.2, 0.25) is 0 Å². The predicted molar refractivity (Wildman–Crippen MR) is 100 cm³/mol. The molecule has 0 saturated carbocycles. The molecule has 28 heavy (non-hydrogen) atoms. The van der Waals surface area contributed by atoms with Crippen LogP contribution in [0.25, 0.3) is 0 Å². The number of hydrogen-bond donors (Lipinski definition) is 0. The topological polar surface area (TPSA) is 57.7 Å². The van der Waals surface area contributed by atoms with Crippen LogP contribution < -0.4 is 4.90 Å². The van der Waals surface area contributed by atoms with Gasteiger partial charge in [0, 0.05) is 11.6 Å². The Morgan fingerprint density at radius 3 is 2.36 bits per heavy atom. The molecule has 5 rings (SSSR count). The highest BCUT2D eigenvalue weighted by Gasteiger charge is 2.64. The number of benzene rings is 2. The summed E-state index contributed by atoms with van der Waals surface area (Å²) >= 11 is 0. The highest BCUT2D eigenvalue weighted by molar-refractivity contribution is 6.24. The molecule has 0 unspecified atom stereocenters. The molecule has 2 aromatic carbocycles. The number of nitrogens with zero attached hydrogens (tertiary/aromatic N) is 2. The van der Waals surface area contributed by atoms with Crippen molar-refractivity contribution >= 4 is 23.3 Å². The van der Waals surface area contributed by atoms with Crippen LogP contribution >= 0.6 is 0 Å². The molecule has 6 heteroatoms. The van der Waals surface area contributed by atoms with E-state index in [1.165, 1.54) is 18.2 Å². The fraction of sp³-hybridized carbons (Fsp3) is 0.318. The lowest BCUT2D eigenvalue weighted by Gasteiger charge is -2.27. The maximum atomic E-state index is 14.3. The van der Waals surface area contributed by atoms with Crippen LogP contribution in [0.1, 0.15) is 23.2 Å². The second kappa shape index (κ2) is 6.34. The Labute approximate surface area is 161 Å². The molecule has 2 amide bonds. The summed E-state index contributed by atoms with van der Waals surface area (Å²) in [4.78, 5) is 42.8. The van der Waals surface area contributed by atoms with E-state index in [0.29, 0.717) is 12.1 Å². The molecule has 0 spiro atoms. The van der Waals surface area contributed by atoms with Crippen molar-refractivity contribution < 1.29 is 18.8 Å². The number of fused-ring (bicyclic) bond motifs is 3. The SMILES string of the molecule is O=C(c1ccccc1)[C@H]1[C@@H]2C(=O)N(c3ccccc3F)C(=O)[C@@H]2[C@H]2CCCN21. The second-order valence-corrected chi connectivity index (χ2v) is 7.64. The highest BCUT2D eigenvalue weighted by atomic mass is 19.1. The fourth-order valence-electron chi connectivity index (χ4n) is 5.16. The molecule has 2 aromatic rings. The van der Waals surface area contributed by atoms with Gasteiger partial charge in [-0.15, -0.1) is 0 Å². The molecule has 3 aliphatic heterocycles. The van der Waals surface area contributed by atoms with Crippen molar-refractivity contribution in [3.05, 3.63) is 66.0 Å². The number of anilines is 1. The Morgan fingerprint density at radius 1 is 0.929 bits per heavy atom. The van der Waals surface area contributed by atoms with Crippen molar-refractivity contribution in [2.24, 2.45) is 11.8 Å². The van der Waals surface area contributed by atoms with E-state index in [2.05, 4.69) is 0 Å². The summed E-state index contributed by atoms with van der Waals surface area (Å²) in [5, 5.41) is 0. The average molecular weight is 378 g/mol. The lowest BCUT2D eigenvalue weighted by molar-refractivity contribution is -0.123. The summed E-state index contributed by atoms with van der Waals surface area (Å²) in [6.45, 7) is 0.696. The van der Waals surface area contributed by atoms with Crippen LogP contribution in [0.15, 0.2) is 54.6 Å². The first-order valence-electron chi connectivity index (χ1n) is 9.57. The van der Waals surface area contributed by atoms with Gasteiger partial charge in [0.15, 0.2) is 5.78 Å². The van der Waals surface area contributed by atoms with Gasteiger partial charge in [-0.1, -0.05) is 42.5 Å². The van der Waals surface area contributed by atoms with Crippen molar-refractivity contribution in [1.29, 1.82) is 0 Å². The van der Waals surface area contributed by atoms with E-state index in [1.54, 1.807) is 30.3 Å². The van der Waals surface area contributed by atoms with Gasteiger partial charge >= 0.3 is 0 Å². The minimum absolute atomic E-state index is 0.0256. The summed E-state index contributed by atoms with van der Waals surface area (Å²) in [7, 11) is 0. The second-order valence-electron chi connectivity index (χ2n) is 7.64. The molecule has 0 radical (unpaired) electrons. The molecule has 3 fully saturated rings. The summed E-state index contributed by atoms with van der Waals surface area (Å²) < 4.78 is 14.3. The molecule has 0 bridgehead atoms. The molecule has 0 aromatic heterocycles. The number of halogens is 1. The van der Waals surface area contributed by atoms with Crippen LogP contribution in [0.4, 0.5) is 10.1 Å². The van der Waals surface area contributed by atoms with Gasteiger partial charge in [0.1, 0.15) is 5.82 Å². The van der Waals surface area contributed by atoms with Gasteiger partial charge < -0.3 is 0 Å². The number of carbonyl (C=O) groups is 3. The standard InChI is InChI=1S/C22H19FN2O3/c23-14-9-4-5-10-15(14)25-21(27)17-16-11-6-12-24(16)19(18(17)22(25)28)20(26)13-7-2-1-3-8-13/h1-5,7-10,16-19H,6,11-12H2/t16-,17-,18-,19-/m1/s1. The van der Waals surface area contributed by atoms with E-state index >= 15 is 0 Å². The van der Waals surface area contributed by atoms with Gasteiger partial charge in [-0.25, -0.2) is 9.29 Å². The van der Waals surface area contributed by atoms with Gasteiger partial charge in [-0.2, -0.15) is 0 Å². The van der Waals surface area contributed by atoms with Gasteiger partial charge in [-0.05, 0) is 31.5 Å². The van der Waals surface area contributed by atoms with Crippen LogP contribution in [-0.4, -0.2) is 41.1 Å². The van der Waals surface area contributed by atoms with Crippen LogP contribution in [0.3, 0.4) is 0 Å². The zero-order valence-electron chi connectivity index (χ0n) is 15.1. The van der Waals surface area contributed by atoms with Gasteiger partial charge in [0.25, 0.3) is 0 Å². The quantitative estimate of drug-likeness (QED) is 0.609.